The van der Waals surface area contributed by atoms with Crippen LogP contribution in [0.25, 0.3) is 0 Å². The second-order valence-corrected chi connectivity index (χ2v) is 6.54. The van der Waals surface area contributed by atoms with Crippen molar-refractivity contribution >= 4 is 5.91 Å². The highest BCUT2D eigenvalue weighted by atomic mass is 16.7. The van der Waals surface area contributed by atoms with Crippen molar-refractivity contribution in [2.24, 2.45) is 0 Å². The first kappa shape index (κ1) is 16.0. The van der Waals surface area contributed by atoms with Crippen molar-refractivity contribution in [2.75, 3.05) is 20.4 Å². The van der Waals surface area contributed by atoms with E-state index in [9.17, 15) is 4.79 Å². The molecule has 25 heavy (non-hydrogen) atoms. The summed E-state index contributed by atoms with van der Waals surface area (Å²) < 4.78 is 16.6. The standard InChI is InChI=1S/C20H21NO4/c1-21(11-17-10-15-4-2-3-5-16(15)12-23-17)20(22)9-14-6-7-18-19(8-14)25-13-24-18/h2-8,17H,9-13H2,1H3/t17-/m0/s1. The molecule has 0 saturated carbocycles. The highest BCUT2D eigenvalue weighted by molar-refractivity contribution is 5.78. The third kappa shape index (κ3) is 3.46. The van der Waals surface area contributed by atoms with E-state index in [-0.39, 0.29) is 18.8 Å². The molecule has 0 spiro atoms. The molecular formula is C20H21NO4. The number of rotatable bonds is 4. The van der Waals surface area contributed by atoms with Gasteiger partial charge in [0.2, 0.25) is 12.7 Å². The summed E-state index contributed by atoms with van der Waals surface area (Å²) in [6, 6.07) is 14.0. The SMILES string of the molecule is CN(C[C@@H]1Cc2ccccc2CO1)C(=O)Cc1ccc2c(c1)OCO2. The summed E-state index contributed by atoms with van der Waals surface area (Å²) in [6.45, 7) is 1.45. The maximum absolute atomic E-state index is 12.5. The molecule has 1 amide bonds. The quantitative estimate of drug-likeness (QED) is 0.859. The minimum absolute atomic E-state index is 0.0422. The van der Waals surface area contributed by atoms with E-state index in [0.717, 1.165) is 17.7 Å². The molecule has 2 aromatic carbocycles. The predicted octanol–water partition coefficient (Wildman–Crippen LogP) is 2.56. The Balaban J connectivity index is 1.35. The Morgan fingerprint density at radius 2 is 1.92 bits per heavy atom. The monoisotopic (exact) mass is 339 g/mol. The molecule has 2 aliphatic rings. The zero-order chi connectivity index (χ0) is 17.2. The fraction of sp³-hybridized carbons (Fsp3) is 0.350. The molecule has 2 aliphatic heterocycles. The Labute approximate surface area is 147 Å². The molecule has 0 N–H and O–H groups in total. The van der Waals surface area contributed by atoms with Crippen molar-refractivity contribution in [2.45, 2.75) is 25.6 Å². The molecule has 5 nitrogen and oxygen atoms in total. The molecule has 4 rings (SSSR count). The zero-order valence-corrected chi connectivity index (χ0v) is 14.2. The number of ether oxygens (including phenoxy) is 3. The lowest BCUT2D eigenvalue weighted by molar-refractivity contribution is -0.131. The normalized spacial score (nSPS) is 17.9. The summed E-state index contributed by atoms with van der Waals surface area (Å²) in [4.78, 5) is 14.3. The van der Waals surface area contributed by atoms with Crippen LogP contribution in [0.15, 0.2) is 42.5 Å². The molecule has 5 heteroatoms. The Morgan fingerprint density at radius 3 is 2.80 bits per heavy atom. The number of carbonyl (C=O) groups is 1. The number of benzene rings is 2. The van der Waals surface area contributed by atoms with Crippen LogP contribution < -0.4 is 9.47 Å². The van der Waals surface area contributed by atoms with Crippen molar-refractivity contribution < 1.29 is 19.0 Å². The number of hydrogen-bond acceptors (Lipinski definition) is 4. The topological polar surface area (TPSA) is 48.0 Å². The third-order valence-electron chi connectivity index (χ3n) is 4.74. The van der Waals surface area contributed by atoms with Gasteiger partial charge in [-0.05, 0) is 28.8 Å². The van der Waals surface area contributed by atoms with E-state index >= 15 is 0 Å². The molecule has 2 aromatic rings. The summed E-state index contributed by atoms with van der Waals surface area (Å²) in [5.74, 6) is 1.51. The van der Waals surface area contributed by atoms with Crippen LogP contribution in [-0.2, 0) is 29.0 Å². The average Bonchev–Trinajstić information content (AvgIpc) is 3.09. The minimum Gasteiger partial charge on any atom is -0.454 e. The van der Waals surface area contributed by atoms with Crippen LogP contribution >= 0.6 is 0 Å². The zero-order valence-electron chi connectivity index (χ0n) is 14.2. The molecule has 2 heterocycles. The summed E-state index contributed by atoms with van der Waals surface area (Å²) in [7, 11) is 1.83. The minimum atomic E-state index is 0.0422. The van der Waals surface area contributed by atoms with Crippen LogP contribution in [0.5, 0.6) is 11.5 Å². The van der Waals surface area contributed by atoms with E-state index in [1.165, 1.54) is 11.1 Å². The van der Waals surface area contributed by atoms with Crippen LogP contribution in [0.1, 0.15) is 16.7 Å². The number of amides is 1. The van der Waals surface area contributed by atoms with Gasteiger partial charge in [0.05, 0.1) is 19.1 Å². The van der Waals surface area contributed by atoms with Crippen molar-refractivity contribution in [1.29, 1.82) is 0 Å². The van der Waals surface area contributed by atoms with Gasteiger partial charge in [-0.1, -0.05) is 30.3 Å². The van der Waals surface area contributed by atoms with E-state index in [2.05, 4.69) is 18.2 Å². The molecule has 0 unspecified atom stereocenters. The van der Waals surface area contributed by atoms with Gasteiger partial charge in [0.1, 0.15) is 0 Å². The van der Waals surface area contributed by atoms with E-state index in [0.29, 0.717) is 25.3 Å². The van der Waals surface area contributed by atoms with Crippen LogP contribution in [0.2, 0.25) is 0 Å². The molecule has 0 fully saturated rings. The second-order valence-electron chi connectivity index (χ2n) is 6.54. The summed E-state index contributed by atoms with van der Waals surface area (Å²) in [6.07, 6.45) is 1.23. The fourth-order valence-electron chi connectivity index (χ4n) is 3.29. The van der Waals surface area contributed by atoms with Gasteiger partial charge in [-0.15, -0.1) is 0 Å². The molecule has 0 saturated heterocycles. The van der Waals surface area contributed by atoms with Crippen molar-refractivity contribution in [1.82, 2.24) is 4.90 Å². The molecule has 0 aromatic heterocycles. The Morgan fingerprint density at radius 1 is 1.12 bits per heavy atom. The Bertz CT molecular complexity index is 789. The number of hydrogen-bond donors (Lipinski definition) is 0. The first-order valence-electron chi connectivity index (χ1n) is 8.50. The highest BCUT2D eigenvalue weighted by Gasteiger charge is 2.22. The van der Waals surface area contributed by atoms with Crippen LogP contribution in [0.3, 0.4) is 0 Å². The van der Waals surface area contributed by atoms with Crippen LogP contribution in [0.4, 0.5) is 0 Å². The van der Waals surface area contributed by atoms with Gasteiger partial charge < -0.3 is 19.1 Å². The lowest BCUT2D eigenvalue weighted by Gasteiger charge is -2.29. The average molecular weight is 339 g/mol. The Hall–Kier alpha value is -2.53. The summed E-state index contributed by atoms with van der Waals surface area (Å²) >= 11 is 0. The number of carbonyl (C=O) groups excluding carboxylic acids is 1. The molecule has 130 valence electrons. The Kier molecular flexibility index (Phi) is 4.32. The maximum atomic E-state index is 12.5. The van der Waals surface area contributed by atoms with Gasteiger partial charge in [-0.3, -0.25) is 4.79 Å². The molecule has 0 radical (unpaired) electrons. The smallest absolute Gasteiger partial charge is 0.231 e. The predicted molar refractivity (Wildman–Crippen MR) is 92.6 cm³/mol. The lowest BCUT2D eigenvalue weighted by Crippen LogP contribution is -2.38. The molecule has 1 atom stereocenters. The molecule has 0 aliphatic carbocycles. The first-order valence-corrected chi connectivity index (χ1v) is 8.50. The largest absolute Gasteiger partial charge is 0.454 e. The van der Waals surface area contributed by atoms with E-state index in [1.54, 1.807) is 4.90 Å². The van der Waals surface area contributed by atoms with Crippen LogP contribution in [-0.4, -0.2) is 37.3 Å². The fourth-order valence-corrected chi connectivity index (χ4v) is 3.29. The second kappa shape index (κ2) is 6.76. The van der Waals surface area contributed by atoms with Gasteiger partial charge in [0.15, 0.2) is 11.5 Å². The van der Waals surface area contributed by atoms with E-state index in [4.69, 9.17) is 14.2 Å². The molecule has 0 bridgehead atoms. The summed E-state index contributed by atoms with van der Waals surface area (Å²) in [5.41, 5.74) is 3.49. The van der Waals surface area contributed by atoms with Crippen molar-refractivity contribution in [3.63, 3.8) is 0 Å². The van der Waals surface area contributed by atoms with Gasteiger partial charge >= 0.3 is 0 Å². The van der Waals surface area contributed by atoms with Gasteiger partial charge in [0.25, 0.3) is 0 Å². The first-order chi connectivity index (χ1) is 12.2. The lowest BCUT2D eigenvalue weighted by atomic mass is 9.99. The van der Waals surface area contributed by atoms with Gasteiger partial charge in [0, 0.05) is 20.0 Å². The van der Waals surface area contributed by atoms with E-state index in [1.807, 2.05) is 31.3 Å². The van der Waals surface area contributed by atoms with Gasteiger partial charge in [-0.2, -0.15) is 0 Å². The van der Waals surface area contributed by atoms with Crippen LogP contribution in [0, 0.1) is 0 Å². The molecular weight excluding hydrogens is 318 g/mol. The van der Waals surface area contributed by atoms with E-state index < -0.39 is 0 Å². The van der Waals surface area contributed by atoms with Crippen molar-refractivity contribution in [3.8, 4) is 11.5 Å². The summed E-state index contributed by atoms with van der Waals surface area (Å²) in [5, 5.41) is 0. The third-order valence-corrected chi connectivity index (χ3v) is 4.74. The number of nitrogens with zero attached hydrogens (tertiary/aromatic N) is 1. The van der Waals surface area contributed by atoms with Gasteiger partial charge in [-0.25, -0.2) is 0 Å². The highest BCUT2D eigenvalue weighted by Crippen LogP contribution is 2.32. The maximum Gasteiger partial charge on any atom is 0.231 e. The number of likely N-dealkylation sites (N-methyl/N-ethyl adjacent to an activating group) is 1. The number of fused-ring (bicyclic) bond motifs is 2. The van der Waals surface area contributed by atoms with Crippen molar-refractivity contribution in [3.05, 3.63) is 59.2 Å².